The maximum Gasteiger partial charge on any atom is 0.228 e. The van der Waals surface area contributed by atoms with Crippen LogP contribution in [0.3, 0.4) is 0 Å². The van der Waals surface area contributed by atoms with Crippen LogP contribution in [0, 0.1) is 11.3 Å². The maximum absolute atomic E-state index is 11.6. The maximum atomic E-state index is 11.6. The van der Waals surface area contributed by atoms with Gasteiger partial charge in [0.2, 0.25) is 9.70 Å². The van der Waals surface area contributed by atoms with E-state index in [-0.39, 0.29) is 12.3 Å². The number of amides is 1. The molecular weight excluding hydrogens is 353 g/mol. The van der Waals surface area contributed by atoms with Gasteiger partial charge >= 0.3 is 0 Å². The van der Waals surface area contributed by atoms with Crippen LogP contribution < -0.4 is 10.6 Å². The first-order valence-corrected chi connectivity index (χ1v) is 8.49. The number of anilines is 1. The van der Waals surface area contributed by atoms with E-state index < -0.39 is 9.96 Å². The Bertz CT molecular complexity index is 589. The fraction of sp³-hybridized carbons (Fsp3) is 0.538. The highest BCUT2D eigenvalue weighted by atomic mass is 35.6. The van der Waals surface area contributed by atoms with E-state index in [9.17, 15) is 10.1 Å². The molecule has 4 nitrogen and oxygen atoms in total. The van der Waals surface area contributed by atoms with Crippen molar-refractivity contribution >= 4 is 57.0 Å². The minimum atomic E-state index is -1.72. The van der Waals surface area contributed by atoms with Gasteiger partial charge in [-0.05, 0) is 24.8 Å². The predicted molar refractivity (Wildman–Crippen MR) is 87.2 cm³/mol. The highest BCUT2D eigenvalue weighted by Gasteiger charge is 2.35. The highest BCUT2D eigenvalue weighted by Crippen LogP contribution is 2.40. The molecule has 0 unspecified atom stereocenters. The molecule has 2 N–H and O–H groups in total. The van der Waals surface area contributed by atoms with E-state index in [0.717, 1.165) is 24.8 Å². The zero-order valence-electron chi connectivity index (χ0n) is 11.3. The third-order valence-corrected chi connectivity index (χ3v) is 5.14. The number of rotatable bonds is 4. The molecule has 0 aliphatic heterocycles. The first kappa shape index (κ1) is 16.7. The lowest BCUT2D eigenvalue weighted by atomic mass is 10.1. The zero-order valence-corrected chi connectivity index (χ0v) is 14.4. The van der Waals surface area contributed by atoms with Gasteiger partial charge in [0.1, 0.15) is 17.2 Å². The van der Waals surface area contributed by atoms with Crippen LogP contribution in [-0.2, 0) is 17.6 Å². The van der Waals surface area contributed by atoms with Gasteiger partial charge in [0.15, 0.2) is 0 Å². The van der Waals surface area contributed by atoms with Crippen LogP contribution in [0.2, 0.25) is 0 Å². The third kappa shape index (κ3) is 3.75. The summed E-state index contributed by atoms with van der Waals surface area (Å²) >= 11 is 19.2. The van der Waals surface area contributed by atoms with E-state index in [1.807, 2.05) is 0 Å². The monoisotopic (exact) mass is 365 g/mol. The third-order valence-electron chi connectivity index (χ3n) is 3.26. The molecule has 114 valence electrons. The molecule has 1 aromatic rings. The van der Waals surface area contributed by atoms with E-state index >= 15 is 0 Å². The molecule has 0 aromatic carbocycles. The van der Waals surface area contributed by atoms with E-state index in [1.54, 1.807) is 6.92 Å². The van der Waals surface area contributed by atoms with Crippen molar-refractivity contribution in [3.8, 4) is 6.07 Å². The van der Waals surface area contributed by atoms with Crippen LogP contribution in [0.1, 0.15) is 35.8 Å². The number of nitrogens with one attached hydrogen (secondary N) is 2. The summed E-state index contributed by atoms with van der Waals surface area (Å²) in [7, 11) is 0. The summed E-state index contributed by atoms with van der Waals surface area (Å²) in [5, 5.41) is 15.6. The Kier molecular flexibility index (Phi) is 5.26. The van der Waals surface area contributed by atoms with Gasteiger partial charge < -0.3 is 10.6 Å². The van der Waals surface area contributed by atoms with E-state index in [2.05, 4.69) is 16.7 Å². The predicted octanol–water partition coefficient (Wildman–Crippen LogP) is 3.74. The number of nitriles is 1. The van der Waals surface area contributed by atoms with Crippen molar-refractivity contribution in [1.82, 2.24) is 5.32 Å². The van der Waals surface area contributed by atoms with Crippen LogP contribution in [0.15, 0.2) is 0 Å². The molecule has 0 spiro atoms. The van der Waals surface area contributed by atoms with Crippen LogP contribution in [0.4, 0.5) is 5.00 Å². The molecule has 1 aliphatic carbocycles. The highest BCUT2D eigenvalue weighted by molar-refractivity contribution is 7.16. The minimum absolute atomic E-state index is 0.235. The summed E-state index contributed by atoms with van der Waals surface area (Å²) in [5.74, 6) is -0.235. The van der Waals surface area contributed by atoms with Gasteiger partial charge in [0.25, 0.3) is 0 Å². The van der Waals surface area contributed by atoms with Crippen LogP contribution in [0.25, 0.3) is 0 Å². The lowest BCUT2D eigenvalue weighted by molar-refractivity contribution is -0.121. The number of carbonyl (C=O) groups excluding carboxylic acids is 1. The first-order valence-electron chi connectivity index (χ1n) is 6.54. The molecule has 21 heavy (non-hydrogen) atoms. The van der Waals surface area contributed by atoms with Crippen molar-refractivity contribution in [2.45, 2.75) is 42.6 Å². The van der Waals surface area contributed by atoms with E-state index in [4.69, 9.17) is 34.8 Å². The summed E-state index contributed by atoms with van der Waals surface area (Å²) in [5.41, 5.74) is 1.67. The van der Waals surface area contributed by atoms with Crippen molar-refractivity contribution in [2.75, 3.05) is 5.32 Å². The number of carbonyl (C=O) groups is 1. The number of hydrogen-bond donors (Lipinski definition) is 2. The summed E-state index contributed by atoms with van der Waals surface area (Å²) in [6.07, 6.45) is 2.33. The smallest absolute Gasteiger partial charge is 0.228 e. The number of halogens is 3. The number of thiophene rings is 1. The summed E-state index contributed by atoms with van der Waals surface area (Å²) in [6.45, 7) is 1.71. The molecule has 1 atom stereocenters. The van der Waals surface area contributed by atoms with E-state index in [0.29, 0.717) is 10.6 Å². The average molecular weight is 367 g/mol. The van der Waals surface area contributed by atoms with Gasteiger partial charge in [-0.2, -0.15) is 5.26 Å². The number of nitrogens with zero attached hydrogens (tertiary/aromatic N) is 1. The molecular formula is C13H14Cl3N3OS. The number of aryl methyl sites for hydroxylation is 1. The fourth-order valence-electron chi connectivity index (χ4n) is 2.22. The molecule has 1 aromatic heterocycles. The van der Waals surface area contributed by atoms with Gasteiger partial charge in [-0.15, -0.1) is 11.3 Å². The van der Waals surface area contributed by atoms with Crippen molar-refractivity contribution in [3.05, 3.63) is 16.0 Å². The molecule has 0 fully saturated rings. The molecule has 1 amide bonds. The second-order valence-corrected chi connectivity index (χ2v) is 8.19. The largest absolute Gasteiger partial charge is 0.352 e. The molecule has 0 radical (unpaired) electrons. The van der Waals surface area contributed by atoms with Crippen molar-refractivity contribution in [3.63, 3.8) is 0 Å². The van der Waals surface area contributed by atoms with Gasteiger partial charge in [-0.3, -0.25) is 4.79 Å². The molecule has 1 heterocycles. The number of fused-ring (bicyclic) bond motifs is 1. The van der Waals surface area contributed by atoms with Crippen molar-refractivity contribution in [2.24, 2.45) is 0 Å². The fourth-order valence-corrected chi connectivity index (χ4v) is 3.81. The minimum Gasteiger partial charge on any atom is -0.352 e. The Morgan fingerprint density at radius 3 is 2.76 bits per heavy atom. The summed E-state index contributed by atoms with van der Waals surface area (Å²) in [6, 6.07) is 2.21. The first-order chi connectivity index (χ1) is 9.86. The normalized spacial score (nSPS) is 15.2. The Balaban J connectivity index is 2.25. The molecule has 8 heteroatoms. The molecule has 0 bridgehead atoms. The topological polar surface area (TPSA) is 64.9 Å². The van der Waals surface area contributed by atoms with Crippen molar-refractivity contribution < 1.29 is 4.79 Å². The molecule has 1 aliphatic rings. The molecule has 0 saturated carbocycles. The Labute approximate surface area is 142 Å². The lowest BCUT2D eigenvalue weighted by Gasteiger charge is -2.26. The standard InChI is InChI=1S/C13H14Cl3N3OS/c1-2-10(20)18-12(13(14,15)16)19-11-8(6-17)7-4-3-5-9(7)21-11/h12,19H,2-5H2,1H3,(H,18,20)/t12-/m1/s1. The zero-order chi connectivity index (χ0) is 15.6. The Morgan fingerprint density at radius 2 is 2.19 bits per heavy atom. The second kappa shape index (κ2) is 6.62. The van der Waals surface area contributed by atoms with Crippen molar-refractivity contribution in [1.29, 1.82) is 5.26 Å². The Morgan fingerprint density at radius 1 is 1.48 bits per heavy atom. The Hall–Kier alpha value is -0.670. The number of alkyl halides is 3. The van der Waals surface area contributed by atoms with Gasteiger partial charge in [0.05, 0.1) is 5.56 Å². The SMILES string of the molecule is CCC(=O)N[C@H](Nc1sc2c(c1C#N)CCC2)C(Cl)(Cl)Cl. The van der Waals surface area contributed by atoms with Crippen LogP contribution >= 0.6 is 46.1 Å². The molecule has 0 saturated heterocycles. The number of hydrogen-bond acceptors (Lipinski definition) is 4. The van der Waals surface area contributed by atoms with E-state index in [1.165, 1.54) is 16.2 Å². The van der Waals surface area contributed by atoms with Crippen LogP contribution in [-0.4, -0.2) is 15.9 Å². The van der Waals surface area contributed by atoms with Crippen LogP contribution in [0.5, 0.6) is 0 Å². The van der Waals surface area contributed by atoms with Gasteiger partial charge in [-0.1, -0.05) is 41.7 Å². The van der Waals surface area contributed by atoms with Gasteiger partial charge in [0, 0.05) is 11.3 Å². The quantitative estimate of drug-likeness (QED) is 0.630. The van der Waals surface area contributed by atoms with Gasteiger partial charge in [-0.25, -0.2) is 0 Å². The average Bonchev–Trinajstić information content (AvgIpc) is 2.96. The summed E-state index contributed by atoms with van der Waals surface area (Å²) < 4.78 is -1.72. The second-order valence-electron chi connectivity index (χ2n) is 4.71. The summed E-state index contributed by atoms with van der Waals surface area (Å²) in [4.78, 5) is 12.8. The lowest BCUT2D eigenvalue weighted by Crippen LogP contribution is -2.48. The molecule has 2 rings (SSSR count).